The molecule has 1 aliphatic heterocycles. The second kappa shape index (κ2) is 9.43. The van der Waals surface area contributed by atoms with Crippen LogP contribution in [0.2, 0.25) is 0 Å². The first-order chi connectivity index (χ1) is 15.9. The van der Waals surface area contributed by atoms with Crippen LogP contribution in [0.15, 0.2) is 42.5 Å². The predicted octanol–water partition coefficient (Wildman–Crippen LogP) is 4.17. The van der Waals surface area contributed by atoms with Crippen LogP contribution in [-0.4, -0.2) is 48.2 Å². The van der Waals surface area contributed by atoms with Gasteiger partial charge in [-0.15, -0.1) is 0 Å². The van der Waals surface area contributed by atoms with Gasteiger partial charge in [0.05, 0.1) is 25.9 Å². The Labute approximate surface area is 194 Å². The lowest BCUT2D eigenvalue weighted by atomic mass is 9.66. The molecule has 2 N–H and O–H groups in total. The van der Waals surface area contributed by atoms with E-state index < -0.39 is 5.60 Å². The molecule has 1 heterocycles. The molecule has 7 heteroatoms. The zero-order chi connectivity index (χ0) is 23.6. The van der Waals surface area contributed by atoms with Crippen LogP contribution in [0.1, 0.15) is 61.0 Å². The standard InChI is InChI=1S/C26H32N2O5/c1-17(29)27-20-8-6-7-19(15-20)25(30)28-14-13-26(31)12-5-4-9-21(26)24(28)18-10-11-22(32-2)23(16-18)33-3/h6-8,10-11,15-16,21,24,31H,4-5,9,12-14H2,1-3H3,(H,27,29). The predicted molar refractivity (Wildman–Crippen MR) is 126 cm³/mol. The maximum Gasteiger partial charge on any atom is 0.254 e. The Hall–Kier alpha value is -3.06. The molecule has 3 atom stereocenters. The van der Waals surface area contributed by atoms with Gasteiger partial charge in [-0.25, -0.2) is 0 Å². The number of anilines is 1. The van der Waals surface area contributed by atoms with Crippen LogP contribution in [0.5, 0.6) is 11.5 Å². The van der Waals surface area contributed by atoms with Gasteiger partial charge in [0, 0.05) is 30.6 Å². The zero-order valence-electron chi connectivity index (χ0n) is 19.5. The molecule has 1 saturated heterocycles. The van der Waals surface area contributed by atoms with Crippen molar-refractivity contribution in [1.82, 2.24) is 4.90 Å². The number of amides is 2. The average Bonchev–Trinajstić information content (AvgIpc) is 2.82. The summed E-state index contributed by atoms with van der Waals surface area (Å²) in [7, 11) is 3.19. The van der Waals surface area contributed by atoms with Gasteiger partial charge in [0.15, 0.2) is 11.5 Å². The quantitative estimate of drug-likeness (QED) is 0.711. The highest BCUT2D eigenvalue weighted by molar-refractivity contribution is 5.97. The van der Waals surface area contributed by atoms with Crippen molar-refractivity contribution in [2.45, 2.75) is 50.7 Å². The number of ether oxygens (including phenoxy) is 2. The zero-order valence-corrected chi connectivity index (χ0v) is 19.5. The van der Waals surface area contributed by atoms with E-state index in [9.17, 15) is 14.7 Å². The molecule has 0 aromatic heterocycles. The van der Waals surface area contributed by atoms with Crippen molar-refractivity contribution in [2.24, 2.45) is 5.92 Å². The average molecular weight is 453 g/mol. The number of rotatable bonds is 5. The summed E-state index contributed by atoms with van der Waals surface area (Å²) < 4.78 is 10.9. The Balaban J connectivity index is 1.75. The third-order valence-corrected chi connectivity index (χ3v) is 7.01. The van der Waals surface area contributed by atoms with E-state index in [0.717, 1.165) is 31.2 Å². The van der Waals surface area contributed by atoms with E-state index in [1.54, 1.807) is 38.5 Å². The number of fused-ring (bicyclic) bond motifs is 1. The van der Waals surface area contributed by atoms with E-state index in [1.807, 2.05) is 23.1 Å². The molecule has 1 aliphatic carbocycles. The molecular formula is C26H32N2O5. The summed E-state index contributed by atoms with van der Waals surface area (Å²) in [6.07, 6.45) is 4.18. The number of aliphatic hydroxyl groups is 1. The van der Waals surface area contributed by atoms with Gasteiger partial charge < -0.3 is 24.8 Å². The lowest BCUT2D eigenvalue weighted by Gasteiger charge is -2.52. The second-order valence-corrected chi connectivity index (χ2v) is 9.03. The first-order valence-electron chi connectivity index (χ1n) is 11.5. The maximum absolute atomic E-state index is 13.8. The van der Waals surface area contributed by atoms with Crippen molar-refractivity contribution < 1.29 is 24.2 Å². The first-order valence-corrected chi connectivity index (χ1v) is 11.5. The molecule has 4 rings (SSSR count). The summed E-state index contributed by atoms with van der Waals surface area (Å²) in [5.41, 5.74) is 1.23. The number of hydrogen-bond acceptors (Lipinski definition) is 5. The number of methoxy groups -OCH3 is 2. The molecule has 2 aromatic carbocycles. The van der Waals surface area contributed by atoms with Gasteiger partial charge in [-0.1, -0.05) is 25.0 Å². The van der Waals surface area contributed by atoms with E-state index in [2.05, 4.69) is 5.32 Å². The Morgan fingerprint density at radius 3 is 2.58 bits per heavy atom. The van der Waals surface area contributed by atoms with Crippen LogP contribution >= 0.6 is 0 Å². The van der Waals surface area contributed by atoms with Crippen molar-refractivity contribution in [3.8, 4) is 11.5 Å². The van der Waals surface area contributed by atoms with E-state index in [1.165, 1.54) is 6.92 Å². The van der Waals surface area contributed by atoms with Gasteiger partial charge >= 0.3 is 0 Å². The third-order valence-electron chi connectivity index (χ3n) is 7.01. The summed E-state index contributed by atoms with van der Waals surface area (Å²) >= 11 is 0. The minimum atomic E-state index is -0.787. The van der Waals surface area contributed by atoms with Crippen molar-refractivity contribution in [2.75, 3.05) is 26.1 Å². The summed E-state index contributed by atoms with van der Waals surface area (Å²) in [4.78, 5) is 27.1. The third kappa shape index (κ3) is 4.55. The first kappa shape index (κ1) is 23.1. The van der Waals surface area contributed by atoms with E-state index in [-0.39, 0.29) is 23.8 Å². The van der Waals surface area contributed by atoms with Crippen molar-refractivity contribution in [3.05, 3.63) is 53.6 Å². The van der Waals surface area contributed by atoms with Crippen molar-refractivity contribution >= 4 is 17.5 Å². The molecule has 7 nitrogen and oxygen atoms in total. The molecule has 176 valence electrons. The fourth-order valence-electron chi connectivity index (χ4n) is 5.46. The van der Waals surface area contributed by atoms with Crippen LogP contribution < -0.4 is 14.8 Å². The highest BCUT2D eigenvalue weighted by Crippen LogP contribution is 2.50. The SMILES string of the molecule is COc1ccc(C2C3CCCCC3(O)CCN2C(=O)c2cccc(NC(C)=O)c2)cc1OC. The summed E-state index contributed by atoms with van der Waals surface area (Å²) in [6, 6.07) is 12.4. The van der Waals surface area contributed by atoms with Gasteiger partial charge in [0.2, 0.25) is 5.91 Å². The summed E-state index contributed by atoms with van der Waals surface area (Å²) in [5.74, 6) is 0.847. The normalized spacial score (nSPS) is 24.5. The number of nitrogens with zero attached hydrogens (tertiary/aromatic N) is 1. The van der Waals surface area contributed by atoms with E-state index >= 15 is 0 Å². The van der Waals surface area contributed by atoms with Crippen LogP contribution in [-0.2, 0) is 4.79 Å². The molecule has 2 amide bonds. The molecule has 1 saturated carbocycles. The Morgan fingerprint density at radius 2 is 1.85 bits per heavy atom. The highest BCUT2D eigenvalue weighted by Gasteiger charge is 2.50. The number of carbonyl (C=O) groups is 2. The molecular weight excluding hydrogens is 420 g/mol. The van der Waals surface area contributed by atoms with Gasteiger partial charge in [0.25, 0.3) is 5.91 Å². The van der Waals surface area contributed by atoms with Gasteiger partial charge in [-0.2, -0.15) is 0 Å². The number of piperidine rings is 1. The molecule has 3 unspecified atom stereocenters. The fraction of sp³-hybridized carbons (Fsp3) is 0.462. The smallest absolute Gasteiger partial charge is 0.254 e. The monoisotopic (exact) mass is 452 g/mol. The molecule has 33 heavy (non-hydrogen) atoms. The van der Waals surface area contributed by atoms with Crippen molar-refractivity contribution in [1.29, 1.82) is 0 Å². The number of hydrogen-bond donors (Lipinski definition) is 2. The molecule has 0 radical (unpaired) electrons. The van der Waals surface area contributed by atoms with Crippen LogP contribution in [0.3, 0.4) is 0 Å². The van der Waals surface area contributed by atoms with Crippen LogP contribution in [0, 0.1) is 5.92 Å². The molecule has 0 bridgehead atoms. The van der Waals surface area contributed by atoms with Gasteiger partial charge in [-0.05, 0) is 55.2 Å². The largest absolute Gasteiger partial charge is 0.493 e. The maximum atomic E-state index is 13.8. The lowest BCUT2D eigenvalue weighted by Crippen LogP contribution is -2.56. The Bertz CT molecular complexity index is 1040. The number of nitrogens with one attached hydrogen (secondary N) is 1. The molecule has 2 aromatic rings. The van der Waals surface area contributed by atoms with Crippen molar-refractivity contribution in [3.63, 3.8) is 0 Å². The lowest BCUT2D eigenvalue weighted by molar-refractivity contribution is -0.115. The highest BCUT2D eigenvalue weighted by atomic mass is 16.5. The number of benzene rings is 2. The molecule has 0 spiro atoms. The Kier molecular flexibility index (Phi) is 6.61. The second-order valence-electron chi connectivity index (χ2n) is 9.03. The summed E-state index contributed by atoms with van der Waals surface area (Å²) in [5, 5.41) is 14.3. The van der Waals surface area contributed by atoms with E-state index in [4.69, 9.17) is 9.47 Å². The molecule has 2 aliphatic rings. The minimum absolute atomic E-state index is 0.0689. The number of carbonyl (C=O) groups excluding carboxylic acids is 2. The van der Waals surface area contributed by atoms with Crippen LogP contribution in [0.4, 0.5) is 5.69 Å². The minimum Gasteiger partial charge on any atom is -0.493 e. The molecule has 2 fully saturated rings. The fourth-order valence-corrected chi connectivity index (χ4v) is 5.46. The van der Waals surface area contributed by atoms with Gasteiger partial charge in [-0.3, -0.25) is 9.59 Å². The summed E-state index contributed by atoms with van der Waals surface area (Å²) in [6.45, 7) is 1.89. The Morgan fingerprint density at radius 1 is 1.06 bits per heavy atom. The van der Waals surface area contributed by atoms with Crippen LogP contribution in [0.25, 0.3) is 0 Å². The van der Waals surface area contributed by atoms with E-state index in [0.29, 0.717) is 35.7 Å². The number of likely N-dealkylation sites (tertiary alicyclic amines) is 1. The topological polar surface area (TPSA) is 88.1 Å². The van der Waals surface area contributed by atoms with Gasteiger partial charge in [0.1, 0.15) is 0 Å².